The summed E-state index contributed by atoms with van der Waals surface area (Å²) in [4.78, 5) is 15.3. The molecule has 0 atom stereocenters. The van der Waals surface area contributed by atoms with Crippen molar-refractivity contribution in [2.75, 3.05) is 6.61 Å². The second-order valence-corrected chi connectivity index (χ2v) is 6.99. The summed E-state index contributed by atoms with van der Waals surface area (Å²) in [5.74, 6) is -0.955. The predicted molar refractivity (Wildman–Crippen MR) is 101 cm³/mol. The van der Waals surface area contributed by atoms with Crippen molar-refractivity contribution in [3.05, 3.63) is 47.5 Å². The van der Waals surface area contributed by atoms with Crippen LogP contribution >= 0.6 is 11.6 Å². The number of ether oxygens (including phenoxy) is 1. The van der Waals surface area contributed by atoms with Crippen molar-refractivity contribution in [2.24, 2.45) is 5.41 Å². The highest BCUT2D eigenvalue weighted by molar-refractivity contribution is 6.31. The summed E-state index contributed by atoms with van der Waals surface area (Å²) in [6.07, 6.45) is 5.44. The van der Waals surface area contributed by atoms with Gasteiger partial charge in [0.25, 0.3) is 0 Å². The van der Waals surface area contributed by atoms with Gasteiger partial charge < -0.3 is 9.84 Å². The zero-order chi connectivity index (χ0) is 18.9. The molecule has 2 aliphatic rings. The summed E-state index contributed by atoms with van der Waals surface area (Å²) in [5, 5.41) is 9.59. The lowest BCUT2D eigenvalue weighted by Crippen LogP contribution is -2.31. The van der Waals surface area contributed by atoms with Gasteiger partial charge in [0.2, 0.25) is 0 Å². The van der Waals surface area contributed by atoms with E-state index in [1.54, 1.807) is 32.0 Å². The molecule has 1 aromatic carbocycles. The normalized spacial score (nSPS) is 11.3. The Morgan fingerprint density at radius 2 is 2.00 bits per heavy atom. The molecule has 4 rings (SSSR count). The zero-order valence-electron chi connectivity index (χ0n) is 14.4. The van der Waals surface area contributed by atoms with Gasteiger partial charge in [0, 0.05) is 11.1 Å². The van der Waals surface area contributed by atoms with Gasteiger partial charge in [-0.1, -0.05) is 36.2 Å². The van der Waals surface area contributed by atoms with E-state index in [9.17, 15) is 4.79 Å². The number of rotatable bonds is 4. The summed E-state index contributed by atoms with van der Waals surface area (Å²) >= 11 is 5.92. The van der Waals surface area contributed by atoms with Crippen LogP contribution in [0.4, 0.5) is 0 Å². The van der Waals surface area contributed by atoms with Crippen molar-refractivity contribution in [3.63, 3.8) is 0 Å². The van der Waals surface area contributed by atoms with Gasteiger partial charge in [0.15, 0.2) is 0 Å². The van der Waals surface area contributed by atoms with Crippen molar-refractivity contribution in [2.45, 2.75) is 13.8 Å². The number of aromatic nitrogens is 2. The molecule has 2 aromatic rings. The molecule has 6 heteroatoms. The molecule has 26 heavy (non-hydrogen) atoms. The van der Waals surface area contributed by atoms with Crippen LogP contribution in [0.25, 0.3) is 22.2 Å². The Morgan fingerprint density at radius 1 is 1.31 bits per heavy atom. The number of fused-ring (bicyclic) bond motifs is 2. The van der Waals surface area contributed by atoms with Crippen molar-refractivity contribution < 1.29 is 14.6 Å². The lowest BCUT2D eigenvalue weighted by atomic mass is 9.95. The Labute approximate surface area is 156 Å². The lowest BCUT2D eigenvalue weighted by Gasteiger charge is -2.18. The summed E-state index contributed by atoms with van der Waals surface area (Å²) in [5.41, 5.74) is 3.10. The largest absolute Gasteiger partial charge is 0.481 e. The third-order valence-corrected chi connectivity index (χ3v) is 4.20. The Kier molecular flexibility index (Phi) is 4.62. The molecule has 0 saturated carbocycles. The van der Waals surface area contributed by atoms with E-state index in [2.05, 4.69) is 35.3 Å². The standard InChI is InChI=1S/C14H13ClN2O3.C6H4/c1-4-17-11-7-9(15)5-6-10(11)16-13(17)20-8-14(2,3)12(18)19;1-2-5-4-6(5)3-1/h1,5-7H,8H2,2-3H3,(H,18,19);1-4H. The van der Waals surface area contributed by atoms with Crippen molar-refractivity contribution >= 4 is 28.6 Å². The number of carboxylic acids is 1. The molecule has 2 aliphatic carbocycles. The number of hydrogen-bond acceptors (Lipinski definition) is 3. The molecule has 0 unspecified atom stereocenters. The van der Waals surface area contributed by atoms with Crippen LogP contribution in [-0.2, 0) is 4.79 Å². The van der Waals surface area contributed by atoms with E-state index in [-0.39, 0.29) is 12.6 Å². The topological polar surface area (TPSA) is 64.3 Å². The third kappa shape index (κ3) is 3.66. The minimum Gasteiger partial charge on any atom is -0.481 e. The van der Waals surface area contributed by atoms with Gasteiger partial charge in [-0.05, 0) is 49.2 Å². The van der Waals surface area contributed by atoms with Gasteiger partial charge >= 0.3 is 12.0 Å². The van der Waals surface area contributed by atoms with Crippen LogP contribution in [0.1, 0.15) is 13.8 Å². The maximum absolute atomic E-state index is 11.0. The van der Waals surface area contributed by atoms with Gasteiger partial charge in [-0.15, -0.1) is 0 Å². The highest BCUT2D eigenvalue weighted by atomic mass is 35.5. The number of nitrogens with zero attached hydrogens (tertiary/aromatic N) is 2. The molecule has 0 saturated heterocycles. The van der Waals surface area contributed by atoms with E-state index in [4.69, 9.17) is 27.9 Å². The molecule has 0 radical (unpaired) electrons. The zero-order valence-corrected chi connectivity index (χ0v) is 15.1. The van der Waals surface area contributed by atoms with Crippen molar-refractivity contribution in [1.29, 1.82) is 0 Å². The Bertz CT molecular complexity index is 1010. The maximum atomic E-state index is 11.0. The van der Waals surface area contributed by atoms with Gasteiger partial charge in [0.05, 0.1) is 16.4 Å². The van der Waals surface area contributed by atoms with Crippen LogP contribution in [0.2, 0.25) is 5.02 Å². The van der Waals surface area contributed by atoms with Gasteiger partial charge in [-0.25, -0.2) is 4.57 Å². The minimum atomic E-state index is -1.03. The first-order valence-corrected chi connectivity index (χ1v) is 8.31. The van der Waals surface area contributed by atoms with E-state index >= 15 is 0 Å². The first-order valence-electron chi connectivity index (χ1n) is 7.93. The number of carboxylic acid groups (broad SMARTS) is 1. The first-order chi connectivity index (χ1) is 12.3. The van der Waals surface area contributed by atoms with Gasteiger partial charge in [0.1, 0.15) is 6.61 Å². The molecule has 1 heterocycles. The SMILES string of the molecule is C#Cn1c(OCC(C)(C)C(=O)O)nc2ccc(Cl)cc21.c1cc2cc-2c1. The van der Waals surface area contributed by atoms with Crippen LogP contribution < -0.4 is 4.74 Å². The maximum Gasteiger partial charge on any atom is 0.312 e. The molecule has 0 amide bonds. The number of benzene rings is 2. The van der Waals surface area contributed by atoms with E-state index in [0.29, 0.717) is 16.1 Å². The quantitative estimate of drug-likeness (QED) is 0.546. The fourth-order valence-corrected chi connectivity index (χ4v) is 2.40. The summed E-state index contributed by atoms with van der Waals surface area (Å²) in [7, 11) is 0. The molecule has 132 valence electrons. The molecular formula is C20H17ClN2O3. The fourth-order valence-electron chi connectivity index (χ4n) is 2.23. The molecule has 5 nitrogen and oxygen atoms in total. The minimum absolute atomic E-state index is 0.0406. The first kappa shape index (κ1) is 17.8. The molecule has 0 spiro atoms. The predicted octanol–water partition coefficient (Wildman–Crippen LogP) is 4.29. The number of aliphatic carboxylic acids is 1. The Morgan fingerprint density at radius 3 is 2.50 bits per heavy atom. The van der Waals surface area contributed by atoms with E-state index in [1.807, 2.05) is 0 Å². The van der Waals surface area contributed by atoms with Crippen LogP contribution in [0, 0.1) is 17.9 Å². The number of terminal acetylenes is 1. The molecule has 1 N–H and O–H groups in total. The summed E-state index contributed by atoms with van der Waals surface area (Å²) < 4.78 is 6.87. The van der Waals surface area contributed by atoms with E-state index < -0.39 is 11.4 Å². The molecule has 1 aromatic heterocycles. The number of imidazole rings is 1. The van der Waals surface area contributed by atoms with Crippen molar-refractivity contribution in [1.82, 2.24) is 9.55 Å². The molecule has 0 fully saturated rings. The van der Waals surface area contributed by atoms with Crippen LogP contribution in [0.15, 0.2) is 42.5 Å². The highest BCUT2D eigenvalue weighted by Crippen LogP contribution is 2.32. The summed E-state index contributed by atoms with van der Waals surface area (Å²) in [6, 6.07) is 16.2. The van der Waals surface area contributed by atoms with Crippen LogP contribution in [-0.4, -0.2) is 27.2 Å². The number of carbonyl (C=O) groups is 1. The van der Waals surface area contributed by atoms with Crippen molar-refractivity contribution in [3.8, 4) is 29.6 Å². The average molecular weight is 369 g/mol. The Balaban J connectivity index is 0.000000269. The van der Waals surface area contributed by atoms with E-state index in [1.165, 1.54) is 15.7 Å². The van der Waals surface area contributed by atoms with Gasteiger partial charge in [-0.2, -0.15) is 4.98 Å². The van der Waals surface area contributed by atoms with Crippen LogP contribution in [0.5, 0.6) is 6.01 Å². The number of halogens is 1. The highest BCUT2D eigenvalue weighted by Gasteiger charge is 2.29. The van der Waals surface area contributed by atoms with E-state index in [0.717, 1.165) is 0 Å². The molecular weight excluding hydrogens is 352 g/mol. The number of hydrogen-bond donors (Lipinski definition) is 1. The third-order valence-electron chi connectivity index (χ3n) is 3.97. The summed E-state index contributed by atoms with van der Waals surface area (Å²) in [6.45, 7) is 3.09. The van der Waals surface area contributed by atoms with Gasteiger partial charge in [-0.3, -0.25) is 4.79 Å². The smallest absolute Gasteiger partial charge is 0.312 e. The monoisotopic (exact) mass is 368 g/mol. The second kappa shape index (κ2) is 6.74. The lowest BCUT2D eigenvalue weighted by molar-refractivity contribution is -0.148. The van der Waals surface area contributed by atoms with Crippen LogP contribution in [0.3, 0.4) is 0 Å². The fraction of sp³-hybridized carbons (Fsp3) is 0.200. The molecule has 0 aliphatic heterocycles. The second-order valence-electron chi connectivity index (χ2n) is 6.55. The molecule has 0 bridgehead atoms. The Hall–Kier alpha value is -2.97. The average Bonchev–Trinajstić information content (AvgIpc) is 3.04.